The number of rotatable bonds is 6. The van der Waals surface area contributed by atoms with Crippen LogP contribution < -0.4 is 0 Å². The number of aromatic amines is 3. The molecule has 0 amide bonds. The van der Waals surface area contributed by atoms with Crippen molar-refractivity contribution in [2.24, 2.45) is 0 Å². The number of H-pyrrole nitrogens is 3. The van der Waals surface area contributed by atoms with Crippen LogP contribution in [-0.2, 0) is 26.4 Å². The van der Waals surface area contributed by atoms with Gasteiger partial charge in [-0.3, -0.25) is 5.10 Å². The third-order valence-electron chi connectivity index (χ3n) is 13.0. The normalized spacial score (nSPS) is 13.1. The van der Waals surface area contributed by atoms with E-state index < -0.39 is 5.97 Å². The summed E-state index contributed by atoms with van der Waals surface area (Å²) in [6, 6.07) is 30.0. The lowest BCUT2D eigenvalue weighted by molar-refractivity contribution is 0.0527. The first kappa shape index (κ1) is 46.0. The maximum atomic E-state index is 13.8. The van der Waals surface area contributed by atoms with Crippen LogP contribution in [0.5, 0.6) is 0 Å². The van der Waals surface area contributed by atoms with Crippen LogP contribution in [0.3, 0.4) is 0 Å². The van der Waals surface area contributed by atoms with Crippen molar-refractivity contribution in [1.82, 2.24) is 35.3 Å². The highest BCUT2D eigenvalue weighted by Gasteiger charge is 2.27. The highest BCUT2D eigenvalue weighted by molar-refractivity contribution is 6.04. The molecule has 9 heteroatoms. The van der Waals surface area contributed by atoms with Crippen molar-refractivity contribution in [1.29, 1.82) is 0 Å². The molecular weight excluding hydrogens is 839 g/mol. The topological polar surface area (TPSA) is 125 Å². The van der Waals surface area contributed by atoms with E-state index in [0.717, 1.165) is 72.5 Å². The first-order chi connectivity index (χ1) is 32.1. The van der Waals surface area contributed by atoms with Gasteiger partial charge >= 0.3 is 5.97 Å². The van der Waals surface area contributed by atoms with Crippen molar-refractivity contribution in [2.75, 3.05) is 6.61 Å². The van der Waals surface area contributed by atoms with Crippen LogP contribution in [0.25, 0.3) is 91.0 Å². The second-order valence-electron chi connectivity index (χ2n) is 22.2. The Labute approximate surface area is 400 Å². The van der Waals surface area contributed by atoms with E-state index >= 15 is 0 Å². The predicted octanol–water partition coefficient (Wildman–Crippen LogP) is 14.8. The van der Waals surface area contributed by atoms with Gasteiger partial charge in [0.2, 0.25) is 0 Å². The van der Waals surface area contributed by atoms with Gasteiger partial charge in [0.15, 0.2) is 0 Å². The Bertz CT molecular complexity index is 3210. The number of benzene rings is 3. The molecule has 3 aromatic carbocycles. The van der Waals surface area contributed by atoms with Crippen molar-refractivity contribution in [3.8, 4) is 44.6 Å². The summed E-state index contributed by atoms with van der Waals surface area (Å²) in [5, 5.41) is 11.7. The molecule has 7 aromatic rings. The summed E-state index contributed by atoms with van der Waals surface area (Å²) in [5.74, 6) is -0.394. The summed E-state index contributed by atoms with van der Waals surface area (Å²) >= 11 is 0. The molecular formula is C59H63N7O2. The molecule has 6 heterocycles. The number of ether oxygens (including phenoxy) is 1. The van der Waals surface area contributed by atoms with Crippen LogP contribution in [0.4, 0.5) is 0 Å². The zero-order chi connectivity index (χ0) is 48.5. The van der Waals surface area contributed by atoms with Gasteiger partial charge < -0.3 is 14.7 Å². The average Bonchev–Trinajstić information content (AvgIpc) is 4.14. The third kappa shape index (κ3) is 8.78. The van der Waals surface area contributed by atoms with E-state index in [1.165, 1.54) is 22.3 Å². The fourth-order valence-corrected chi connectivity index (χ4v) is 9.05. The highest BCUT2D eigenvalue weighted by atomic mass is 16.5. The molecule has 0 aliphatic carbocycles. The van der Waals surface area contributed by atoms with E-state index in [0.29, 0.717) is 22.5 Å². The van der Waals surface area contributed by atoms with Gasteiger partial charge in [-0.2, -0.15) is 0 Å². The van der Waals surface area contributed by atoms with Crippen LogP contribution in [0.1, 0.15) is 145 Å². The number of hydrogen-bond acceptors (Lipinski definition) is 6. The zero-order valence-corrected chi connectivity index (χ0v) is 41.8. The van der Waals surface area contributed by atoms with Gasteiger partial charge in [0.05, 0.1) is 52.2 Å². The molecule has 8 bridgehead atoms. The molecule has 4 aromatic heterocycles. The second-order valence-corrected chi connectivity index (χ2v) is 22.2. The van der Waals surface area contributed by atoms with E-state index in [1.54, 1.807) is 0 Å². The minimum absolute atomic E-state index is 0.128. The lowest BCUT2D eigenvalue weighted by atomic mass is 9.78. The lowest BCUT2D eigenvalue weighted by Gasteiger charge is -2.26. The molecule has 346 valence electrons. The molecule has 0 unspecified atom stereocenters. The van der Waals surface area contributed by atoms with Gasteiger partial charge in [0.25, 0.3) is 0 Å². The summed E-state index contributed by atoms with van der Waals surface area (Å²) in [4.78, 5) is 32.6. The summed E-state index contributed by atoms with van der Waals surface area (Å²) in [7, 11) is 0. The lowest BCUT2D eigenvalue weighted by Crippen LogP contribution is -2.16. The monoisotopic (exact) mass is 902 g/mol. The number of aromatic nitrogens is 7. The highest BCUT2D eigenvalue weighted by Crippen LogP contribution is 2.42. The molecule has 0 spiro atoms. The molecule has 9 rings (SSSR count). The maximum Gasteiger partial charge on any atom is 0.338 e. The molecule has 0 fully saturated rings. The van der Waals surface area contributed by atoms with Crippen molar-refractivity contribution in [3.05, 3.63) is 142 Å². The van der Waals surface area contributed by atoms with Crippen molar-refractivity contribution in [3.63, 3.8) is 0 Å². The molecule has 3 N–H and O–H groups in total. The van der Waals surface area contributed by atoms with Gasteiger partial charge in [-0.05, 0) is 117 Å². The van der Waals surface area contributed by atoms with E-state index in [4.69, 9.17) is 14.7 Å². The molecule has 0 atom stereocenters. The largest absolute Gasteiger partial charge is 0.462 e. The van der Waals surface area contributed by atoms with E-state index in [1.807, 2.05) is 37.4 Å². The van der Waals surface area contributed by atoms with Crippen molar-refractivity contribution < 1.29 is 9.53 Å². The smallest absolute Gasteiger partial charge is 0.338 e. The number of esters is 1. The fraction of sp³-hybridized carbons (Fsp3) is 0.305. The van der Waals surface area contributed by atoms with Crippen LogP contribution in [0.2, 0.25) is 0 Å². The number of hydrogen-bond donors (Lipinski definition) is 3. The first-order valence-corrected chi connectivity index (χ1v) is 23.7. The predicted molar refractivity (Wildman–Crippen MR) is 281 cm³/mol. The van der Waals surface area contributed by atoms with Crippen LogP contribution in [0, 0.1) is 0 Å². The zero-order valence-electron chi connectivity index (χ0n) is 41.8. The fourth-order valence-electron chi connectivity index (χ4n) is 9.05. The summed E-state index contributed by atoms with van der Waals surface area (Å²) in [5.41, 5.74) is 18.2. The van der Waals surface area contributed by atoms with E-state index in [9.17, 15) is 4.79 Å². The minimum atomic E-state index is -0.394. The molecule has 9 nitrogen and oxygen atoms in total. The third-order valence-corrected chi connectivity index (χ3v) is 13.0. The van der Waals surface area contributed by atoms with Crippen molar-refractivity contribution >= 4 is 52.3 Å². The summed E-state index contributed by atoms with van der Waals surface area (Å²) < 4.78 is 5.68. The Balaban J connectivity index is 1.50. The van der Waals surface area contributed by atoms with Gasteiger partial charge in [0, 0.05) is 38.8 Å². The molecule has 2 aliphatic heterocycles. The minimum Gasteiger partial charge on any atom is -0.462 e. The van der Waals surface area contributed by atoms with Gasteiger partial charge in [-0.25, -0.2) is 14.8 Å². The van der Waals surface area contributed by atoms with E-state index in [-0.39, 0.29) is 28.3 Å². The Morgan fingerprint density at radius 1 is 0.515 bits per heavy atom. The Morgan fingerprint density at radius 2 is 0.912 bits per heavy atom. The standard InChI is InChI=1S/C59H63N7O2/c1-14-68-55(67)41-18-16-15-17-40(41)53-46-23-19-42(61-46)51(34-27-36(56(2,3)4)31-37(28-34)57(5,6)7)44-21-25-48(63-44)54(50-33-60-66-65-50)49-26-22-45(64-49)52(43-20-24-47(53)62-43)35-29-38(58(8,9)10)32-39(30-35)59(11,12)13/h15-33,61,64H,14H2,1-13H3,(H,60,65,66). The SMILES string of the molecule is CCOC(=O)c1ccccc1-c1c2nc(c(-c3cc(C(C)(C)C)cc(C(C)(C)C)c3)c3ccc([nH]3)c(-c3c[nH]nn3)c3nc(c(-c4cc(C(C)(C)C)cc(C(C)(C)C)c4)c4ccc1[nH]4)C=C3)C=C2. The van der Waals surface area contributed by atoms with Crippen molar-refractivity contribution in [2.45, 2.75) is 112 Å². The molecule has 68 heavy (non-hydrogen) atoms. The average molecular weight is 902 g/mol. The first-order valence-electron chi connectivity index (χ1n) is 23.7. The molecule has 0 saturated heterocycles. The van der Waals surface area contributed by atoms with Gasteiger partial charge in [-0.1, -0.05) is 143 Å². The van der Waals surface area contributed by atoms with Crippen LogP contribution >= 0.6 is 0 Å². The number of fused-ring (bicyclic) bond motifs is 8. The van der Waals surface area contributed by atoms with Crippen LogP contribution in [-0.4, -0.2) is 47.9 Å². The number of carbonyl (C=O) groups is 1. The number of nitrogens with one attached hydrogen (secondary N) is 3. The van der Waals surface area contributed by atoms with Gasteiger partial charge in [0.1, 0.15) is 5.69 Å². The Hall–Kier alpha value is -7.13. The number of carbonyl (C=O) groups excluding carboxylic acids is 1. The maximum absolute atomic E-state index is 13.8. The molecule has 0 radical (unpaired) electrons. The van der Waals surface area contributed by atoms with Crippen LogP contribution in [0.15, 0.2) is 91.1 Å². The molecule has 0 saturated carbocycles. The summed E-state index contributed by atoms with van der Waals surface area (Å²) in [6.45, 7) is 29.2. The number of nitrogens with zero attached hydrogens (tertiary/aromatic N) is 4. The Morgan fingerprint density at radius 3 is 1.32 bits per heavy atom. The second kappa shape index (κ2) is 16.9. The molecule has 2 aliphatic rings. The summed E-state index contributed by atoms with van der Waals surface area (Å²) in [6.07, 6.45) is 10.2. The van der Waals surface area contributed by atoms with E-state index in [2.05, 4.69) is 193 Å². The quantitative estimate of drug-likeness (QED) is 0.143. The Kier molecular flexibility index (Phi) is 11.4. The van der Waals surface area contributed by atoms with Gasteiger partial charge in [-0.15, -0.1) is 5.10 Å².